The molecule has 1 aromatic carbocycles. The van der Waals surface area contributed by atoms with Crippen molar-refractivity contribution < 1.29 is 0 Å². The molecule has 1 saturated heterocycles. The monoisotopic (exact) mass is 365 g/mol. The summed E-state index contributed by atoms with van der Waals surface area (Å²) < 4.78 is 0. The molecule has 0 saturated carbocycles. The lowest BCUT2D eigenvalue weighted by Crippen LogP contribution is -2.53. The average Bonchev–Trinajstić information content (AvgIpc) is 2.64. The standard InChI is InChI=1S/C19H32ClN5/c1-4-21-19(23-15-17-7-6-8-18(20)13-17)22-14-16(3)25-11-9-24(5-2)10-12-25/h6-8,13,16H,4-5,9-12,14-15H2,1-3H3,(H2,21,22,23). The third kappa shape index (κ3) is 6.84. The first-order chi connectivity index (χ1) is 12.1. The molecule has 0 aliphatic carbocycles. The summed E-state index contributed by atoms with van der Waals surface area (Å²) in [4.78, 5) is 9.74. The van der Waals surface area contributed by atoms with Crippen LogP contribution in [-0.2, 0) is 6.54 Å². The predicted octanol–water partition coefficient (Wildman–Crippen LogP) is 2.42. The highest BCUT2D eigenvalue weighted by Crippen LogP contribution is 2.11. The molecule has 0 amide bonds. The molecule has 0 bridgehead atoms. The maximum atomic E-state index is 6.04. The van der Waals surface area contributed by atoms with Crippen LogP contribution < -0.4 is 10.6 Å². The van der Waals surface area contributed by atoms with Crippen LogP contribution in [0.1, 0.15) is 26.3 Å². The summed E-state index contributed by atoms with van der Waals surface area (Å²) in [5.74, 6) is 0.863. The van der Waals surface area contributed by atoms with Gasteiger partial charge in [0.05, 0.1) is 6.54 Å². The number of likely N-dealkylation sites (N-methyl/N-ethyl adjacent to an activating group) is 1. The largest absolute Gasteiger partial charge is 0.357 e. The van der Waals surface area contributed by atoms with Crippen molar-refractivity contribution in [2.24, 2.45) is 4.99 Å². The van der Waals surface area contributed by atoms with E-state index in [0.717, 1.165) is 49.3 Å². The first-order valence-corrected chi connectivity index (χ1v) is 9.73. The zero-order chi connectivity index (χ0) is 18.1. The normalized spacial score (nSPS) is 18.2. The summed E-state index contributed by atoms with van der Waals surface area (Å²) in [6.45, 7) is 14.8. The van der Waals surface area contributed by atoms with E-state index in [0.29, 0.717) is 12.6 Å². The van der Waals surface area contributed by atoms with Crippen molar-refractivity contribution in [2.75, 3.05) is 45.8 Å². The van der Waals surface area contributed by atoms with Crippen molar-refractivity contribution in [3.05, 3.63) is 34.9 Å². The fourth-order valence-corrected chi connectivity index (χ4v) is 3.25. The Labute approximate surface area is 157 Å². The maximum absolute atomic E-state index is 6.04. The summed E-state index contributed by atoms with van der Waals surface area (Å²) in [6, 6.07) is 8.36. The minimum Gasteiger partial charge on any atom is -0.357 e. The van der Waals surface area contributed by atoms with Gasteiger partial charge in [0.15, 0.2) is 5.96 Å². The number of benzene rings is 1. The molecule has 1 aliphatic rings. The second-order valence-corrected chi connectivity index (χ2v) is 6.96. The van der Waals surface area contributed by atoms with Gasteiger partial charge in [-0.3, -0.25) is 4.90 Å². The van der Waals surface area contributed by atoms with Gasteiger partial charge in [-0.25, -0.2) is 4.99 Å². The smallest absolute Gasteiger partial charge is 0.191 e. The van der Waals surface area contributed by atoms with Gasteiger partial charge in [-0.2, -0.15) is 0 Å². The lowest BCUT2D eigenvalue weighted by Gasteiger charge is -2.37. The Hall–Kier alpha value is -1.30. The van der Waals surface area contributed by atoms with Crippen LogP contribution >= 0.6 is 11.6 Å². The predicted molar refractivity (Wildman–Crippen MR) is 107 cm³/mol. The molecule has 0 spiro atoms. The number of nitrogens with zero attached hydrogens (tertiary/aromatic N) is 3. The van der Waals surface area contributed by atoms with Crippen LogP contribution in [0, 0.1) is 0 Å². The fourth-order valence-electron chi connectivity index (χ4n) is 3.04. The van der Waals surface area contributed by atoms with Crippen LogP contribution in [0.3, 0.4) is 0 Å². The number of piperazine rings is 1. The lowest BCUT2D eigenvalue weighted by molar-refractivity contribution is 0.107. The third-order valence-electron chi connectivity index (χ3n) is 4.70. The zero-order valence-corrected chi connectivity index (χ0v) is 16.5. The van der Waals surface area contributed by atoms with E-state index in [1.165, 1.54) is 13.1 Å². The Morgan fingerprint density at radius 3 is 2.60 bits per heavy atom. The molecule has 1 fully saturated rings. The van der Waals surface area contributed by atoms with E-state index in [4.69, 9.17) is 11.6 Å². The Morgan fingerprint density at radius 2 is 1.96 bits per heavy atom. The van der Waals surface area contributed by atoms with E-state index in [2.05, 4.69) is 52.3 Å². The van der Waals surface area contributed by atoms with Crippen molar-refractivity contribution in [3.8, 4) is 0 Å². The van der Waals surface area contributed by atoms with Crippen molar-refractivity contribution in [2.45, 2.75) is 33.4 Å². The number of hydrogen-bond acceptors (Lipinski definition) is 3. The quantitative estimate of drug-likeness (QED) is 0.575. The SMILES string of the molecule is CCNC(=NCc1cccc(Cl)c1)NCC(C)N1CCN(CC)CC1. The van der Waals surface area contributed by atoms with Crippen LogP contribution in [0.2, 0.25) is 5.02 Å². The Morgan fingerprint density at radius 1 is 1.20 bits per heavy atom. The number of halogens is 1. The van der Waals surface area contributed by atoms with Crippen LogP contribution in [0.25, 0.3) is 0 Å². The zero-order valence-electron chi connectivity index (χ0n) is 15.8. The van der Waals surface area contributed by atoms with Crippen LogP contribution in [0.15, 0.2) is 29.3 Å². The van der Waals surface area contributed by atoms with E-state index in [9.17, 15) is 0 Å². The molecule has 6 heteroatoms. The first-order valence-electron chi connectivity index (χ1n) is 9.35. The Bertz CT molecular complexity index is 540. The first kappa shape index (κ1) is 20.0. The van der Waals surface area contributed by atoms with Crippen molar-refractivity contribution >= 4 is 17.6 Å². The van der Waals surface area contributed by atoms with Crippen molar-refractivity contribution in [1.82, 2.24) is 20.4 Å². The highest BCUT2D eigenvalue weighted by atomic mass is 35.5. The van der Waals surface area contributed by atoms with Crippen LogP contribution in [-0.4, -0.2) is 67.6 Å². The second-order valence-electron chi connectivity index (χ2n) is 6.53. The molecule has 5 nitrogen and oxygen atoms in total. The molecule has 1 atom stereocenters. The van der Waals surface area contributed by atoms with Gasteiger partial charge in [-0.1, -0.05) is 30.7 Å². The molecule has 1 aromatic rings. The highest BCUT2D eigenvalue weighted by Gasteiger charge is 2.20. The van der Waals surface area contributed by atoms with E-state index in [1.54, 1.807) is 0 Å². The highest BCUT2D eigenvalue weighted by molar-refractivity contribution is 6.30. The van der Waals surface area contributed by atoms with Crippen LogP contribution in [0.5, 0.6) is 0 Å². The van der Waals surface area contributed by atoms with E-state index in [-0.39, 0.29) is 0 Å². The summed E-state index contributed by atoms with van der Waals surface area (Å²) in [7, 11) is 0. The molecule has 1 aliphatic heterocycles. The maximum Gasteiger partial charge on any atom is 0.191 e. The van der Waals surface area contributed by atoms with Gasteiger partial charge in [0.1, 0.15) is 0 Å². The summed E-state index contributed by atoms with van der Waals surface area (Å²) >= 11 is 6.04. The Balaban J connectivity index is 1.83. The van der Waals surface area contributed by atoms with Gasteiger partial charge < -0.3 is 15.5 Å². The number of hydrogen-bond donors (Lipinski definition) is 2. The minimum atomic E-state index is 0.494. The molecule has 1 unspecified atom stereocenters. The third-order valence-corrected chi connectivity index (χ3v) is 4.93. The second kappa shape index (κ2) is 10.6. The topological polar surface area (TPSA) is 42.9 Å². The number of guanidine groups is 1. The van der Waals surface area contributed by atoms with Gasteiger partial charge in [-0.15, -0.1) is 0 Å². The number of aliphatic imine (C=N–C) groups is 1. The van der Waals surface area contributed by atoms with E-state index >= 15 is 0 Å². The fraction of sp³-hybridized carbons (Fsp3) is 0.632. The Kier molecular flexibility index (Phi) is 8.52. The average molecular weight is 366 g/mol. The molecule has 140 valence electrons. The summed E-state index contributed by atoms with van der Waals surface area (Å²) in [5.41, 5.74) is 1.12. The van der Waals surface area contributed by atoms with Crippen molar-refractivity contribution in [1.29, 1.82) is 0 Å². The van der Waals surface area contributed by atoms with E-state index in [1.807, 2.05) is 18.2 Å². The molecular formula is C19H32ClN5. The van der Waals surface area contributed by atoms with Gasteiger partial charge in [-0.05, 0) is 38.1 Å². The van der Waals surface area contributed by atoms with Crippen LogP contribution in [0.4, 0.5) is 0 Å². The molecule has 25 heavy (non-hydrogen) atoms. The summed E-state index contributed by atoms with van der Waals surface area (Å²) in [5, 5.41) is 7.55. The van der Waals surface area contributed by atoms with Gasteiger partial charge in [0.2, 0.25) is 0 Å². The van der Waals surface area contributed by atoms with Gasteiger partial charge in [0, 0.05) is 50.3 Å². The minimum absolute atomic E-state index is 0.494. The molecule has 2 rings (SSSR count). The van der Waals surface area contributed by atoms with Gasteiger partial charge in [0.25, 0.3) is 0 Å². The van der Waals surface area contributed by atoms with E-state index < -0.39 is 0 Å². The molecule has 0 aromatic heterocycles. The molecular weight excluding hydrogens is 334 g/mol. The van der Waals surface area contributed by atoms with Gasteiger partial charge >= 0.3 is 0 Å². The molecule has 0 radical (unpaired) electrons. The summed E-state index contributed by atoms with van der Waals surface area (Å²) in [6.07, 6.45) is 0. The molecule has 2 N–H and O–H groups in total. The lowest BCUT2D eigenvalue weighted by atomic mass is 10.2. The molecule has 1 heterocycles. The van der Waals surface area contributed by atoms with Crippen molar-refractivity contribution in [3.63, 3.8) is 0 Å². The number of nitrogens with one attached hydrogen (secondary N) is 2. The number of rotatable bonds is 7.